The molecule has 1 aromatic rings. The lowest BCUT2D eigenvalue weighted by Crippen LogP contribution is -2.33. The number of piperidine rings is 1. The number of nitrogens with one attached hydrogen (secondary N) is 1. The molecule has 0 aliphatic carbocycles. The molecular formula is C12H20N4O2S2. The quantitative estimate of drug-likeness (QED) is 0.665. The average Bonchev–Trinajstić information content (AvgIpc) is 2.84. The van der Waals surface area contributed by atoms with Gasteiger partial charge in [0, 0.05) is 12.3 Å². The number of anilines is 1. The number of hydrogen-bond donors (Lipinski definition) is 1. The lowest BCUT2D eigenvalue weighted by molar-refractivity contribution is 0.168. The first kappa shape index (κ1) is 15.5. The molecule has 2 heterocycles. The Kier molecular flexibility index (Phi) is 6.06. The third-order valence-electron chi connectivity index (χ3n) is 3.06. The first-order chi connectivity index (χ1) is 9.67. The fraction of sp³-hybridized carbons (Fsp3) is 0.750. The number of carbonyl (C=O) groups excluding carboxylic acids is 1. The van der Waals surface area contributed by atoms with Crippen molar-refractivity contribution in [3.8, 4) is 0 Å². The van der Waals surface area contributed by atoms with Gasteiger partial charge in [0.05, 0.1) is 6.61 Å². The highest BCUT2D eigenvalue weighted by Crippen LogP contribution is 2.29. The molecular weight excluding hydrogens is 296 g/mol. The molecule has 1 N–H and O–H groups in total. The van der Waals surface area contributed by atoms with E-state index < -0.39 is 6.09 Å². The zero-order valence-corrected chi connectivity index (χ0v) is 13.4. The molecule has 1 aliphatic heterocycles. The van der Waals surface area contributed by atoms with Crippen molar-refractivity contribution < 1.29 is 9.53 Å². The second-order valence-corrected chi connectivity index (χ2v) is 7.04. The number of hydrogen-bond acceptors (Lipinski definition) is 7. The number of ether oxygens (including phenoxy) is 1. The molecule has 0 spiro atoms. The summed E-state index contributed by atoms with van der Waals surface area (Å²) in [6, 6.07) is 0. The van der Waals surface area contributed by atoms with Crippen LogP contribution >= 0.6 is 23.1 Å². The standard InChI is InChI=1S/C12H20N4O2S2/c1-3-18-11(17)13-10-14-15-12(20-10)19-8-9-5-4-6-16(2)7-9/h9H,3-8H2,1-2H3,(H,13,14,17). The van der Waals surface area contributed by atoms with Gasteiger partial charge in [-0.25, -0.2) is 4.79 Å². The molecule has 1 saturated heterocycles. The maximum absolute atomic E-state index is 11.3. The van der Waals surface area contributed by atoms with E-state index in [4.69, 9.17) is 4.74 Å². The van der Waals surface area contributed by atoms with Crippen molar-refractivity contribution >= 4 is 34.3 Å². The molecule has 112 valence electrons. The van der Waals surface area contributed by atoms with Gasteiger partial charge in [-0.05, 0) is 39.3 Å². The molecule has 1 unspecified atom stereocenters. The summed E-state index contributed by atoms with van der Waals surface area (Å²) in [5.74, 6) is 1.77. The van der Waals surface area contributed by atoms with E-state index in [0.29, 0.717) is 17.7 Å². The van der Waals surface area contributed by atoms with Crippen molar-refractivity contribution in [1.82, 2.24) is 15.1 Å². The van der Waals surface area contributed by atoms with E-state index in [1.165, 1.54) is 30.7 Å². The van der Waals surface area contributed by atoms with Crippen LogP contribution in [0, 0.1) is 5.92 Å². The van der Waals surface area contributed by atoms with E-state index in [1.54, 1.807) is 18.7 Å². The van der Waals surface area contributed by atoms with Crippen LogP contribution in [-0.2, 0) is 4.74 Å². The van der Waals surface area contributed by atoms with Gasteiger partial charge in [0.2, 0.25) is 5.13 Å². The fourth-order valence-corrected chi connectivity index (χ4v) is 4.06. The lowest BCUT2D eigenvalue weighted by atomic mass is 10.0. The summed E-state index contributed by atoms with van der Waals surface area (Å²) in [7, 11) is 2.17. The number of rotatable bonds is 5. The minimum Gasteiger partial charge on any atom is -0.450 e. The second kappa shape index (κ2) is 7.80. The largest absolute Gasteiger partial charge is 0.450 e. The molecule has 1 fully saturated rings. The predicted octanol–water partition coefficient (Wildman–Crippen LogP) is 2.54. The van der Waals surface area contributed by atoms with Gasteiger partial charge in [-0.2, -0.15) is 0 Å². The minimum absolute atomic E-state index is 0.349. The number of likely N-dealkylation sites (tertiary alicyclic amines) is 1. The van der Waals surface area contributed by atoms with Gasteiger partial charge in [0.1, 0.15) is 0 Å². The smallest absolute Gasteiger partial charge is 0.413 e. The summed E-state index contributed by atoms with van der Waals surface area (Å²) in [5, 5.41) is 11.1. The van der Waals surface area contributed by atoms with Crippen LogP contribution in [0.25, 0.3) is 0 Å². The van der Waals surface area contributed by atoms with E-state index in [-0.39, 0.29) is 0 Å². The number of carbonyl (C=O) groups is 1. The average molecular weight is 316 g/mol. The Morgan fingerprint density at radius 1 is 1.60 bits per heavy atom. The molecule has 1 aliphatic rings. The van der Waals surface area contributed by atoms with Gasteiger partial charge in [-0.1, -0.05) is 23.1 Å². The molecule has 2 rings (SSSR count). The third kappa shape index (κ3) is 4.92. The summed E-state index contributed by atoms with van der Waals surface area (Å²) in [4.78, 5) is 13.6. The van der Waals surface area contributed by atoms with Crippen LogP contribution in [0.4, 0.5) is 9.93 Å². The van der Waals surface area contributed by atoms with E-state index >= 15 is 0 Å². The van der Waals surface area contributed by atoms with E-state index in [0.717, 1.165) is 16.6 Å². The second-order valence-electron chi connectivity index (χ2n) is 4.80. The number of aromatic nitrogens is 2. The monoisotopic (exact) mass is 316 g/mol. The van der Waals surface area contributed by atoms with Crippen molar-refractivity contribution in [2.45, 2.75) is 24.1 Å². The molecule has 1 amide bonds. The van der Waals surface area contributed by atoms with E-state index in [2.05, 4.69) is 27.5 Å². The Morgan fingerprint density at radius 3 is 3.20 bits per heavy atom. The lowest BCUT2D eigenvalue weighted by Gasteiger charge is -2.29. The normalized spacial score (nSPS) is 19.8. The summed E-state index contributed by atoms with van der Waals surface area (Å²) in [6.45, 7) is 4.47. The van der Waals surface area contributed by atoms with Gasteiger partial charge < -0.3 is 9.64 Å². The van der Waals surface area contributed by atoms with Crippen LogP contribution in [0.15, 0.2) is 4.34 Å². The molecule has 0 radical (unpaired) electrons. The Balaban J connectivity index is 1.76. The Morgan fingerprint density at radius 2 is 2.45 bits per heavy atom. The van der Waals surface area contributed by atoms with Crippen LogP contribution in [0.5, 0.6) is 0 Å². The van der Waals surface area contributed by atoms with Crippen LogP contribution in [-0.4, -0.2) is 53.7 Å². The Hall–Kier alpha value is -0.860. The maximum atomic E-state index is 11.3. The molecule has 0 saturated carbocycles. The zero-order valence-electron chi connectivity index (χ0n) is 11.8. The van der Waals surface area contributed by atoms with Crippen LogP contribution in [0.2, 0.25) is 0 Å². The Bertz CT molecular complexity index is 441. The topological polar surface area (TPSA) is 67.3 Å². The SMILES string of the molecule is CCOC(=O)Nc1nnc(SCC2CCCN(C)C2)s1. The van der Waals surface area contributed by atoms with Gasteiger partial charge in [-0.15, -0.1) is 10.2 Å². The van der Waals surface area contributed by atoms with E-state index in [1.807, 2.05) is 0 Å². The van der Waals surface area contributed by atoms with Crippen LogP contribution < -0.4 is 5.32 Å². The number of nitrogens with zero attached hydrogens (tertiary/aromatic N) is 3. The van der Waals surface area contributed by atoms with Crippen LogP contribution in [0.3, 0.4) is 0 Å². The minimum atomic E-state index is -0.478. The molecule has 0 aromatic carbocycles. The number of thioether (sulfide) groups is 1. The van der Waals surface area contributed by atoms with Crippen molar-refractivity contribution in [3.05, 3.63) is 0 Å². The van der Waals surface area contributed by atoms with Crippen LogP contribution in [0.1, 0.15) is 19.8 Å². The summed E-state index contributed by atoms with van der Waals surface area (Å²) in [6.07, 6.45) is 2.08. The first-order valence-corrected chi connectivity index (χ1v) is 8.56. The molecule has 20 heavy (non-hydrogen) atoms. The van der Waals surface area contributed by atoms with Crippen molar-refractivity contribution in [2.24, 2.45) is 5.92 Å². The molecule has 0 bridgehead atoms. The van der Waals surface area contributed by atoms with Gasteiger partial charge >= 0.3 is 6.09 Å². The highest BCUT2D eigenvalue weighted by molar-refractivity contribution is 8.01. The fourth-order valence-electron chi connectivity index (χ4n) is 2.17. The van der Waals surface area contributed by atoms with Crippen molar-refractivity contribution in [2.75, 3.05) is 37.8 Å². The molecule has 6 nitrogen and oxygen atoms in total. The summed E-state index contributed by atoms with van der Waals surface area (Å²) in [5.41, 5.74) is 0. The highest BCUT2D eigenvalue weighted by Gasteiger charge is 2.18. The van der Waals surface area contributed by atoms with Crippen molar-refractivity contribution in [3.63, 3.8) is 0 Å². The predicted molar refractivity (Wildman–Crippen MR) is 81.5 cm³/mol. The third-order valence-corrected chi connectivity index (χ3v) is 5.26. The summed E-state index contributed by atoms with van der Waals surface area (Å²) >= 11 is 3.11. The zero-order chi connectivity index (χ0) is 14.4. The highest BCUT2D eigenvalue weighted by atomic mass is 32.2. The van der Waals surface area contributed by atoms with Crippen molar-refractivity contribution in [1.29, 1.82) is 0 Å². The van der Waals surface area contributed by atoms with Gasteiger partial charge in [0.15, 0.2) is 4.34 Å². The Labute approximate surface area is 127 Å². The van der Waals surface area contributed by atoms with Gasteiger partial charge in [0.25, 0.3) is 0 Å². The van der Waals surface area contributed by atoms with Gasteiger partial charge in [-0.3, -0.25) is 5.32 Å². The molecule has 8 heteroatoms. The first-order valence-electron chi connectivity index (χ1n) is 6.76. The van der Waals surface area contributed by atoms with E-state index in [9.17, 15) is 4.79 Å². The maximum Gasteiger partial charge on any atom is 0.413 e. The molecule has 1 atom stereocenters. The summed E-state index contributed by atoms with van der Waals surface area (Å²) < 4.78 is 5.69. The molecule has 1 aromatic heterocycles. The number of amides is 1.